The lowest BCUT2D eigenvalue weighted by Crippen LogP contribution is -2.10. The Kier molecular flexibility index (Phi) is 6.02. The third kappa shape index (κ3) is 4.32. The molecule has 1 aromatic carbocycles. The highest BCUT2D eigenvalue weighted by Gasteiger charge is 2.14. The van der Waals surface area contributed by atoms with Crippen LogP contribution < -0.4 is 11.1 Å². The van der Waals surface area contributed by atoms with Gasteiger partial charge in [-0.1, -0.05) is 38.3 Å². The van der Waals surface area contributed by atoms with Gasteiger partial charge in [-0.25, -0.2) is 4.98 Å². The Morgan fingerprint density at radius 2 is 2.03 bits per heavy atom. The second kappa shape index (κ2) is 9.02. The molecule has 0 spiro atoms. The molecule has 4 rings (SSSR count). The molecule has 156 valence electrons. The topological polar surface area (TPSA) is 106 Å². The molecule has 8 heteroatoms. The molecule has 0 bridgehead atoms. The summed E-state index contributed by atoms with van der Waals surface area (Å²) in [6.45, 7) is 6.46. The van der Waals surface area contributed by atoms with E-state index in [4.69, 9.17) is 5.73 Å². The molecule has 3 heterocycles. The fourth-order valence-electron chi connectivity index (χ4n) is 3.71. The van der Waals surface area contributed by atoms with Crippen molar-refractivity contribution in [3.05, 3.63) is 47.2 Å². The van der Waals surface area contributed by atoms with Crippen LogP contribution in [0.25, 0.3) is 11.0 Å². The van der Waals surface area contributed by atoms with E-state index in [0.717, 1.165) is 41.1 Å². The molecule has 2 aromatic heterocycles. The summed E-state index contributed by atoms with van der Waals surface area (Å²) in [4.78, 5) is 8.91. The Balaban J connectivity index is 1.61. The molecule has 0 aliphatic carbocycles. The lowest BCUT2D eigenvalue weighted by atomic mass is 10.0. The average molecular weight is 405 g/mol. The highest BCUT2D eigenvalue weighted by Crippen LogP contribution is 2.25. The van der Waals surface area contributed by atoms with Crippen LogP contribution >= 0.6 is 0 Å². The molecule has 0 saturated carbocycles. The monoisotopic (exact) mass is 404 g/mol. The minimum absolute atomic E-state index is 0.293. The van der Waals surface area contributed by atoms with E-state index >= 15 is 0 Å². The molecule has 0 saturated heterocycles. The maximum Gasteiger partial charge on any atom is 0.222 e. The Morgan fingerprint density at radius 3 is 2.83 bits per heavy atom. The van der Waals surface area contributed by atoms with Crippen LogP contribution in [0.1, 0.15) is 49.3 Å². The number of aromatic nitrogens is 3. The van der Waals surface area contributed by atoms with E-state index in [-0.39, 0.29) is 0 Å². The molecule has 8 nitrogen and oxygen atoms in total. The second-order valence-electron chi connectivity index (χ2n) is 7.67. The molecule has 1 aliphatic rings. The molecule has 30 heavy (non-hydrogen) atoms. The fourth-order valence-corrected chi connectivity index (χ4v) is 3.71. The maximum atomic E-state index is 5.95. The van der Waals surface area contributed by atoms with Crippen molar-refractivity contribution in [1.29, 1.82) is 0 Å². The molecule has 0 atom stereocenters. The number of nitrogen functional groups attached to an aromatic ring is 1. The predicted octanol–water partition coefficient (Wildman–Crippen LogP) is 4.53. The number of anilines is 2. The molecule has 3 aromatic rings. The van der Waals surface area contributed by atoms with Gasteiger partial charge in [0.1, 0.15) is 12.1 Å². The van der Waals surface area contributed by atoms with Crippen molar-refractivity contribution >= 4 is 28.5 Å². The first-order chi connectivity index (χ1) is 14.7. The number of rotatable bonds is 9. The number of fused-ring (bicyclic) bond motifs is 1. The smallest absolute Gasteiger partial charge is 0.222 e. The van der Waals surface area contributed by atoms with Gasteiger partial charge < -0.3 is 15.6 Å². The Bertz CT molecular complexity index is 1100. The van der Waals surface area contributed by atoms with Crippen LogP contribution in [0.2, 0.25) is 0 Å². The van der Waals surface area contributed by atoms with Gasteiger partial charge >= 0.3 is 0 Å². The van der Waals surface area contributed by atoms with E-state index in [1.165, 1.54) is 30.4 Å². The predicted molar refractivity (Wildman–Crippen MR) is 121 cm³/mol. The van der Waals surface area contributed by atoms with Gasteiger partial charge in [-0.3, -0.25) is 0 Å². The van der Waals surface area contributed by atoms with E-state index in [9.17, 15) is 0 Å². The molecular formula is C22H28N8. The Labute approximate surface area is 176 Å². The highest BCUT2D eigenvalue weighted by molar-refractivity contribution is 6.02. The molecule has 0 amide bonds. The summed E-state index contributed by atoms with van der Waals surface area (Å²) in [6, 6.07) is 8.37. The molecule has 0 fully saturated rings. The quantitative estimate of drug-likeness (QED) is 0.511. The van der Waals surface area contributed by atoms with Crippen LogP contribution in [-0.4, -0.2) is 33.3 Å². The number of hydrogen-bond donors (Lipinski definition) is 2. The third-order valence-electron chi connectivity index (χ3n) is 5.42. The van der Waals surface area contributed by atoms with Crippen LogP contribution in [0.4, 0.5) is 11.8 Å². The van der Waals surface area contributed by atoms with E-state index in [2.05, 4.69) is 67.3 Å². The van der Waals surface area contributed by atoms with Gasteiger partial charge in [-0.2, -0.15) is 10.1 Å². The zero-order valence-corrected chi connectivity index (χ0v) is 17.6. The lowest BCUT2D eigenvalue weighted by molar-refractivity contribution is 0.684. The van der Waals surface area contributed by atoms with E-state index in [0.29, 0.717) is 19.0 Å². The van der Waals surface area contributed by atoms with Crippen molar-refractivity contribution in [2.75, 3.05) is 24.1 Å². The zero-order chi connectivity index (χ0) is 20.9. The van der Waals surface area contributed by atoms with Crippen molar-refractivity contribution in [2.24, 2.45) is 15.4 Å². The number of nitrogens with two attached hydrogens (primary N) is 1. The van der Waals surface area contributed by atoms with Crippen LogP contribution in [0.3, 0.4) is 0 Å². The molecular weight excluding hydrogens is 376 g/mol. The summed E-state index contributed by atoms with van der Waals surface area (Å²) in [7, 11) is 0. The lowest BCUT2D eigenvalue weighted by Gasteiger charge is -2.13. The normalized spacial score (nSPS) is 13.2. The Morgan fingerprint density at radius 1 is 1.13 bits per heavy atom. The first kappa shape index (κ1) is 20.0. The first-order valence-corrected chi connectivity index (χ1v) is 10.5. The standard InChI is InChI=1S/C22H28N8/c1-3-4-5-6-10-24-21-20-18(26-22(23)27-21)9-11-30(20)14-17-12-16(8-7-15(17)2)19-13-25-29-28-19/h7-9,11-12H,3-6,10,13-14H2,1-2H3,(H3,23,24,26,27). The van der Waals surface area contributed by atoms with E-state index in [1.807, 2.05) is 12.3 Å². The number of unbranched alkanes of at least 4 members (excludes halogenated alkanes) is 3. The van der Waals surface area contributed by atoms with Gasteiger partial charge in [0.2, 0.25) is 5.95 Å². The van der Waals surface area contributed by atoms with Crippen molar-refractivity contribution < 1.29 is 0 Å². The van der Waals surface area contributed by atoms with Gasteiger partial charge in [0, 0.05) is 24.8 Å². The fraction of sp³-hybridized carbons (Fsp3) is 0.409. The largest absolute Gasteiger partial charge is 0.368 e. The van der Waals surface area contributed by atoms with Gasteiger partial charge in [0.05, 0.1) is 11.2 Å². The zero-order valence-electron chi connectivity index (χ0n) is 17.6. The summed E-state index contributed by atoms with van der Waals surface area (Å²) < 4.78 is 2.18. The van der Waals surface area contributed by atoms with E-state index < -0.39 is 0 Å². The van der Waals surface area contributed by atoms with Crippen LogP contribution in [-0.2, 0) is 6.54 Å². The number of hydrogen-bond acceptors (Lipinski definition) is 7. The minimum Gasteiger partial charge on any atom is -0.368 e. The number of nitrogens with one attached hydrogen (secondary N) is 1. The van der Waals surface area contributed by atoms with Crippen molar-refractivity contribution in [3.63, 3.8) is 0 Å². The van der Waals surface area contributed by atoms with E-state index in [1.54, 1.807) is 0 Å². The number of nitrogens with zero attached hydrogens (tertiary/aromatic N) is 6. The second-order valence-corrected chi connectivity index (χ2v) is 7.67. The van der Waals surface area contributed by atoms with Gasteiger partial charge in [-0.05, 0) is 41.8 Å². The first-order valence-electron chi connectivity index (χ1n) is 10.5. The molecule has 0 radical (unpaired) electrons. The van der Waals surface area contributed by atoms with Crippen LogP contribution in [0.5, 0.6) is 0 Å². The van der Waals surface area contributed by atoms with Crippen molar-refractivity contribution in [3.8, 4) is 0 Å². The third-order valence-corrected chi connectivity index (χ3v) is 5.42. The van der Waals surface area contributed by atoms with Crippen LogP contribution in [0.15, 0.2) is 45.9 Å². The molecule has 0 unspecified atom stereocenters. The maximum absolute atomic E-state index is 5.95. The summed E-state index contributed by atoms with van der Waals surface area (Å²) in [5.41, 5.74) is 12.2. The van der Waals surface area contributed by atoms with Gasteiger partial charge in [0.25, 0.3) is 0 Å². The van der Waals surface area contributed by atoms with Gasteiger partial charge in [-0.15, -0.1) is 5.10 Å². The average Bonchev–Trinajstić information content (AvgIpc) is 3.40. The van der Waals surface area contributed by atoms with Crippen molar-refractivity contribution in [2.45, 2.75) is 46.1 Å². The molecule has 3 N–H and O–H groups in total. The summed E-state index contributed by atoms with van der Waals surface area (Å²) >= 11 is 0. The molecule has 1 aliphatic heterocycles. The Hall–Kier alpha value is -3.29. The SMILES string of the molecule is CCCCCCNc1nc(N)nc2ccn(Cc3cc(C4=NN=NC4)ccc3C)c12. The summed E-state index contributed by atoms with van der Waals surface area (Å²) in [5, 5.41) is 15.3. The number of benzene rings is 1. The van der Waals surface area contributed by atoms with Gasteiger partial charge in [0.15, 0.2) is 5.82 Å². The van der Waals surface area contributed by atoms with Crippen LogP contribution in [0, 0.1) is 6.92 Å². The number of aryl methyl sites for hydroxylation is 1. The summed E-state index contributed by atoms with van der Waals surface area (Å²) in [6.07, 6.45) is 6.84. The minimum atomic E-state index is 0.293. The summed E-state index contributed by atoms with van der Waals surface area (Å²) in [5.74, 6) is 1.09. The van der Waals surface area contributed by atoms with Crippen molar-refractivity contribution in [1.82, 2.24) is 14.5 Å². The highest BCUT2D eigenvalue weighted by atomic mass is 15.4.